The second-order valence-corrected chi connectivity index (χ2v) is 5.83. The minimum absolute atomic E-state index is 0.618. The lowest BCUT2D eigenvalue weighted by Gasteiger charge is -2.20. The molecule has 120 valence electrons. The van der Waals surface area contributed by atoms with Crippen LogP contribution in [0.2, 0.25) is 0 Å². The average Bonchev–Trinajstić information content (AvgIpc) is 2.43. The van der Waals surface area contributed by atoms with Gasteiger partial charge in [0, 0.05) is 24.7 Å². The quantitative estimate of drug-likeness (QED) is 0.685. The first kappa shape index (κ1) is 17.7. The van der Waals surface area contributed by atoms with E-state index in [0.717, 1.165) is 49.1 Å². The van der Waals surface area contributed by atoms with Crippen molar-refractivity contribution >= 4 is 11.6 Å². The molecule has 0 aromatic carbocycles. The fourth-order valence-electron chi connectivity index (χ4n) is 2.09. The average molecular weight is 293 g/mol. The summed E-state index contributed by atoms with van der Waals surface area (Å²) in [4.78, 5) is 11.3. The van der Waals surface area contributed by atoms with Crippen LogP contribution in [0.1, 0.15) is 45.0 Å². The van der Waals surface area contributed by atoms with E-state index < -0.39 is 0 Å². The number of aromatic nitrogens is 2. The van der Waals surface area contributed by atoms with Crippen molar-refractivity contribution in [1.82, 2.24) is 14.9 Å². The summed E-state index contributed by atoms with van der Waals surface area (Å²) in [5.41, 5.74) is 1.10. The van der Waals surface area contributed by atoms with Crippen LogP contribution < -0.4 is 10.6 Å². The van der Waals surface area contributed by atoms with Crippen molar-refractivity contribution in [3.8, 4) is 0 Å². The van der Waals surface area contributed by atoms with Crippen LogP contribution >= 0.6 is 0 Å². The minimum atomic E-state index is 0.618. The molecule has 0 aliphatic carbocycles. The molecule has 5 nitrogen and oxygen atoms in total. The van der Waals surface area contributed by atoms with Gasteiger partial charge in [-0.1, -0.05) is 0 Å². The lowest BCUT2D eigenvalue weighted by atomic mass is 10.2. The Bertz CT molecular complexity index is 431. The molecule has 0 atom stereocenters. The molecular weight excluding hydrogens is 262 g/mol. The molecule has 0 radical (unpaired) electrons. The van der Waals surface area contributed by atoms with Crippen molar-refractivity contribution in [2.75, 3.05) is 37.3 Å². The summed E-state index contributed by atoms with van der Waals surface area (Å²) in [6.07, 6.45) is 2.35. The van der Waals surface area contributed by atoms with E-state index in [1.54, 1.807) is 0 Å². The molecular formula is C16H31N5. The Labute approximate surface area is 129 Å². The van der Waals surface area contributed by atoms with E-state index in [0.29, 0.717) is 6.04 Å². The molecule has 0 spiro atoms. The Morgan fingerprint density at radius 3 is 2.24 bits per heavy atom. The summed E-state index contributed by atoms with van der Waals surface area (Å²) in [6.45, 7) is 13.5. The largest absolute Gasteiger partial charge is 0.370 e. The number of nitrogens with zero attached hydrogens (tertiary/aromatic N) is 3. The van der Waals surface area contributed by atoms with Gasteiger partial charge >= 0.3 is 0 Å². The Morgan fingerprint density at radius 1 is 1.05 bits per heavy atom. The van der Waals surface area contributed by atoms with Gasteiger partial charge in [-0.25, -0.2) is 9.97 Å². The number of anilines is 2. The maximum Gasteiger partial charge on any atom is 0.134 e. The maximum absolute atomic E-state index is 4.50. The highest BCUT2D eigenvalue weighted by molar-refractivity contribution is 5.57. The van der Waals surface area contributed by atoms with Gasteiger partial charge < -0.3 is 15.5 Å². The molecule has 1 aromatic heterocycles. The first-order valence-corrected chi connectivity index (χ1v) is 7.98. The Morgan fingerprint density at radius 2 is 1.67 bits per heavy atom. The maximum atomic E-state index is 4.50. The van der Waals surface area contributed by atoms with E-state index in [4.69, 9.17) is 0 Å². The number of aryl methyl sites for hydroxylation is 1. The third-order valence-corrected chi connectivity index (χ3v) is 3.71. The zero-order chi connectivity index (χ0) is 15.8. The van der Waals surface area contributed by atoms with Gasteiger partial charge in [0.05, 0.1) is 0 Å². The lowest BCUT2D eigenvalue weighted by molar-refractivity contribution is 0.269. The van der Waals surface area contributed by atoms with Crippen molar-refractivity contribution in [3.05, 3.63) is 11.4 Å². The summed E-state index contributed by atoms with van der Waals surface area (Å²) < 4.78 is 0. The van der Waals surface area contributed by atoms with Crippen LogP contribution in [0, 0.1) is 13.8 Å². The van der Waals surface area contributed by atoms with Crippen molar-refractivity contribution in [3.63, 3.8) is 0 Å². The highest BCUT2D eigenvalue weighted by atomic mass is 15.1. The molecule has 1 heterocycles. The van der Waals surface area contributed by atoms with E-state index in [1.807, 2.05) is 6.92 Å². The van der Waals surface area contributed by atoms with Gasteiger partial charge in [-0.05, 0) is 61.1 Å². The Balaban J connectivity index is 2.45. The third kappa shape index (κ3) is 5.87. The normalized spacial score (nSPS) is 11.2. The zero-order valence-electron chi connectivity index (χ0n) is 14.5. The van der Waals surface area contributed by atoms with Gasteiger partial charge in [0.1, 0.15) is 17.5 Å². The molecule has 21 heavy (non-hydrogen) atoms. The second-order valence-electron chi connectivity index (χ2n) is 5.83. The summed E-state index contributed by atoms with van der Waals surface area (Å²) in [5.74, 6) is 2.70. The molecule has 2 N–H and O–H groups in total. The van der Waals surface area contributed by atoms with E-state index in [9.17, 15) is 0 Å². The highest BCUT2D eigenvalue weighted by Gasteiger charge is 2.08. The fourth-order valence-corrected chi connectivity index (χ4v) is 2.09. The van der Waals surface area contributed by atoms with E-state index in [-0.39, 0.29) is 0 Å². The molecule has 1 aromatic rings. The first-order valence-electron chi connectivity index (χ1n) is 7.98. The second kappa shape index (κ2) is 8.82. The van der Waals surface area contributed by atoms with Gasteiger partial charge in [0.15, 0.2) is 0 Å². The zero-order valence-corrected chi connectivity index (χ0v) is 14.5. The summed E-state index contributed by atoms with van der Waals surface area (Å²) in [6, 6.07) is 0.618. The summed E-state index contributed by atoms with van der Waals surface area (Å²) in [5, 5.41) is 6.73. The third-order valence-electron chi connectivity index (χ3n) is 3.71. The van der Waals surface area contributed by atoms with E-state index in [1.165, 1.54) is 6.42 Å². The number of rotatable bonds is 9. The molecule has 0 amide bonds. The summed E-state index contributed by atoms with van der Waals surface area (Å²) in [7, 11) is 2.18. The topological polar surface area (TPSA) is 53.1 Å². The number of hydrogen-bond donors (Lipinski definition) is 2. The van der Waals surface area contributed by atoms with Crippen LogP contribution in [-0.4, -0.2) is 47.6 Å². The van der Waals surface area contributed by atoms with Gasteiger partial charge in [-0.3, -0.25) is 0 Å². The predicted octanol–water partition coefficient (Wildman–Crippen LogP) is 3.06. The molecule has 0 saturated heterocycles. The van der Waals surface area contributed by atoms with Crippen molar-refractivity contribution in [2.45, 2.75) is 53.5 Å². The fraction of sp³-hybridized carbons (Fsp3) is 0.750. The first-order chi connectivity index (χ1) is 9.95. The standard InChI is InChI=1S/C16H31N5/c1-7-17-15-13(4)16(20-14(5)19-15)18-10-8-9-11-21(6)12(2)3/h12H,7-11H2,1-6H3,(H2,17,18,19,20). The van der Waals surface area contributed by atoms with Crippen LogP contribution in [0.15, 0.2) is 0 Å². The van der Waals surface area contributed by atoms with Crippen LogP contribution in [0.4, 0.5) is 11.6 Å². The van der Waals surface area contributed by atoms with Crippen LogP contribution in [0.3, 0.4) is 0 Å². The van der Waals surface area contributed by atoms with Gasteiger partial charge in [0.25, 0.3) is 0 Å². The van der Waals surface area contributed by atoms with E-state index in [2.05, 4.69) is 60.2 Å². The molecule has 0 bridgehead atoms. The van der Waals surface area contributed by atoms with Crippen LogP contribution in [0.5, 0.6) is 0 Å². The lowest BCUT2D eigenvalue weighted by Crippen LogP contribution is -2.27. The molecule has 0 saturated carbocycles. The number of unbranched alkanes of at least 4 members (excludes halogenated alkanes) is 1. The molecule has 5 heteroatoms. The minimum Gasteiger partial charge on any atom is -0.370 e. The number of nitrogens with one attached hydrogen (secondary N) is 2. The van der Waals surface area contributed by atoms with Gasteiger partial charge in [0.2, 0.25) is 0 Å². The smallest absolute Gasteiger partial charge is 0.134 e. The molecule has 0 fully saturated rings. The van der Waals surface area contributed by atoms with Crippen LogP contribution in [-0.2, 0) is 0 Å². The monoisotopic (exact) mass is 293 g/mol. The van der Waals surface area contributed by atoms with E-state index >= 15 is 0 Å². The van der Waals surface area contributed by atoms with Crippen molar-refractivity contribution in [1.29, 1.82) is 0 Å². The SMILES string of the molecule is CCNc1nc(C)nc(NCCCCN(C)C(C)C)c1C. The molecule has 1 rings (SSSR count). The van der Waals surface area contributed by atoms with Crippen molar-refractivity contribution < 1.29 is 0 Å². The summed E-state index contributed by atoms with van der Waals surface area (Å²) >= 11 is 0. The molecule has 0 aliphatic rings. The van der Waals surface area contributed by atoms with Gasteiger partial charge in [-0.15, -0.1) is 0 Å². The molecule has 0 unspecified atom stereocenters. The number of hydrogen-bond acceptors (Lipinski definition) is 5. The Kier molecular flexibility index (Phi) is 7.43. The molecule has 0 aliphatic heterocycles. The van der Waals surface area contributed by atoms with Gasteiger partial charge in [-0.2, -0.15) is 0 Å². The van der Waals surface area contributed by atoms with Crippen molar-refractivity contribution in [2.24, 2.45) is 0 Å². The highest BCUT2D eigenvalue weighted by Crippen LogP contribution is 2.19. The predicted molar refractivity (Wildman–Crippen MR) is 91.2 cm³/mol. The Hall–Kier alpha value is -1.36. The van der Waals surface area contributed by atoms with Crippen LogP contribution in [0.25, 0.3) is 0 Å².